The van der Waals surface area contributed by atoms with Crippen LogP contribution in [0.1, 0.15) is 48.6 Å². The summed E-state index contributed by atoms with van der Waals surface area (Å²) in [4.78, 5) is 12.5. The minimum absolute atomic E-state index is 0.202. The Morgan fingerprint density at radius 1 is 1.42 bits per heavy atom. The number of hydrogen-bond acceptors (Lipinski definition) is 3. The van der Waals surface area contributed by atoms with Crippen molar-refractivity contribution >= 4 is 5.91 Å². The van der Waals surface area contributed by atoms with Crippen LogP contribution in [0.15, 0.2) is 24.4 Å². The van der Waals surface area contributed by atoms with Crippen LogP contribution in [0.3, 0.4) is 0 Å². The second-order valence-corrected chi connectivity index (χ2v) is 6.16. The average molecular weight is 335 g/mol. The molecule has 1 heterocycles. The van der Waals surface area contributed by atoms with Crippen molar-refractivity contribution < 1.29 is 18.7 Å². The molecule has 0 saturated carbocycles. The third kappa shape index (κ3) is 3.17. The van der Waals surface area contributed by atoms with Gasteiger partial charge in [-0.15, -0.1) is 0 Å². The van der Waals surface area contributed by atoms with E-state index in [0.717, 1.165) is 36.2 Å². The molecule has 0 aliphatic heterocycles. The molecule has 2 aromatic rings. The van der Waals surface area contributed by atoms with Crippen LogP contribution in [0.2, 0.25) is 0 Å². The molecule has 1 aromatic carbocycles. The number of fused-ring (bicyclic) bond motifs is 1. The maximum atomic E-state index is 13.3. The summed E-state index contributed by atoms with van der Waals surface area (Å²) in [6.07, 6.45) is 3.00. The second kappa shape index (κ2) is 6.68. The van der Waals surface area contributed by atoms with E-state index >= 15 is 0 Å². The van der Waals surface area contributed by atoms with Gasteiger partial charge in [0.1, 0.15) is 0 Å². The number of halogens is 2. The van der Waals surface area contributed by atoms with Gasteiger partial charge in [0.05, 0.1) is 24.3 Å². The molecule has 24 heavy (non-hydrogen) atoms. The minimum Gasteiger partial charge on any atom is -0.386 e. The molecule has 0 fully saturated rings. The molecule has 0 radical (unpaired) electrons. The van der Waals surface area contributed by atoms with Crippen LogP contribution in [0.5, 0.6) is 0 Å². The molecule has 1 aromatic heterocycles. The fourth-order valence-corrected chi connectivity index (χ4v) is 3.12. The summed E-state index contributed by atoms with van der Waals surface area (Å²) >= 11 is 0. The predicted octanol–water partition coefficient (Wildman–Crippen LogP) is 2.35. The van der Waals surface area contributed by atoms with Crippen molar-refractivity contribution in [1.29, 1.82) is 0 Å². The molecular formula is C17H19F2N3O2. The topological polar surface area (TPSA) is 78.0 Å². The van der Waals surface area contributed by atoms with Crippen molar-refractivity contribution in [3.63, 3.8) is 0 Å². The first kappa shape index (κ1) is 16.6. The van der Waals surface area contributed by atoms with Crippen LogP contribution < -0.4 is 5.32 Å². The second-order valence-electron chi connectivity index (χ2n) is 6.16. The van der Waals surface area contributed by atoms with Gasteiger partial charge < -0.3 is 10.4 Å². The number of benzene rings is 1. The van der Waals surface area contributed by atoms with E-state index in [0.29, 0.717) is 6.42 Å². The summed E-state index contributed by atoms with van der Waals surface area (Å²) in [7, 11) is 0. The number of aliphatic hydroxyl groups excluding tert-OH is 1. The Balaban J connectivity index is 1.69. The SMILES string of the molecule is CC(NC(=O)C1CCCc2[nH]ncc21)C(O)c1ccc(F)c(F)c1. The van der Waals surface area contributed by atoms with E-state index in [1.807, 2.05) is 0 Å². The van der Waals surface area contributed by atoms with E-state index in [1.54, 1.807) is 13.1 Å². The highest BCUT2D eigenvalue weighted by Gasteiger charge is 2.30. The van der Waals surface area contributed by atoms with Crippen LogP contribution in [-0.2, 0) is 11.2 Å². The number of H-pyrrole nitrogens is 1. The zero-order valence-corrected chi connectivity index (χ0v) is 13.2. The third-order valence-corrected chi connectivity index (χ3v) is 4.49. The molecule has 1 amide bonds. The summed E-state index contributed by atoms with van der Waals surface area (Å²) in [5, 5.41) is 19.9. The van der Waals surface area contributed by atoms with Gasteiger partial charge in [-0.1, -0.05) is 6.07 Å². The molecule has 7 heteroatoms. The average Bonchev–Trinajstić information content (AvgIpc) is 3.05. The van der Waals surface area contributed by atoms with Crippen molar-refractivity contribution in [1.82, 2.24) is 15.5 Å². The number of aromatic amines is 1. The smallest absolute Gasteiger partial charge is 0.227 e. The molecule has 0 spiro atoms. The number of nitrogens with zero attached hydrogens (tertiary/aromatic N) is 1. The molecule has 3 unspecified atom stereocenters. The predicted molar refractivity (Wildman–Crippen MR) is 83.2 cm³/mol. The lowest BCUT2D eigenvalue weighted by Gasteiger charge is -2.26. The minimum atomic E-state index is -1.13. The number of aryl methyl sites for hydroxylation is 1. The van der Waals surface area contributed by atoms with E-state index in [4.69, 9.17) is 0 Å². The van der Waals surface area contributed by atoms with Crippen LogP contribution in [0.25, 0.3) is 0 Å². The van der Waals surface area contributed by atoms with Gasteiger partial charge in [0.15, 0.2) is 11.6 Å². The number of rotatable bonds is 4. The Morgan fingerprint density at radius 2 is 2.21 bits per heavy atom. The summed E-state index contributed by atoms with van der Waals surface area (Å²) in [6, 6.07) is 2.57. The highest BCUT2D eigenvalue weighted by atomic mass is 19.2. The van der Waals surface area contributed by atoms with E-state index in [9.17, 15) is 18.7 Å². The van der Waals surface area contributed by atoms with Gasteiger partial charge in [-0.05, 0) is 43.9 Å². The normalized spacial score (nSPS) is 19.4. The number of aliphatic hydroxyl groups is 1. The fourth-order valence-electron chi connectivity index (χ4n) is 3.12. The van der Waals surface area contributed by atoms with Crippen molar-refractivity contribution in [2.24, 2.45) is 0 Å². The molecule has 3 atom stereocenters. The third-order valence-electron chi connectivity index (χ3n) is 4.49. The molecule has 1 aliphatic rings. The lowest BCUT2D eigenvalue weighted by atomic mass is 9.86. The van der Waals surface area contributed by atoms with Crippen LogP contribution in [0, 0.1) is 11.6 Å². The van der Waals surface area contributed by atoms with Gasteiger partial charge in [0.2, 0.25) is 5.91 Å². The molecule has 0 bridgehead atoms. The zero-order chi connectivity index (χ0) is 17.3. The molecule has 3 rings (SSSR count). The van der Waals surface area contributed by atoms with Crippen molar-refractivity contribution in [3.8, 4) is 0 Å². The van der Waals surface area contributed by atoms with Crippen molar-refractivity contribution in [2.75, 3.05) is 0 Å². The van der Waals surface area contributed by atoms with E-state index in [1.165, 1.54) is 6.07 Å². The molecular weight excluding hydrogens is 316 g/mol. The van der Waals surface area contributed by atoms with Gasteiger partial charge in [-0.2, -0.15) is 5.10 Å². The Bertz CT molecular complexity index is 747. The van der Waals surface area contributed by atoms with E-state index in [2.05, 4.69) is 15.5 Å². The van der Waals surface area contributed by atoms with Gasteiger partial charge in [-0.3, -0.25) is 9.89 Å². The first-order chi connectivity index (χ1) is 11.5. The number of amides is 1. The maximum Gasteiger partial charge on any atom is 0.227 e. The first-order valence-electron chi connectivity index (χ1n) is 7.93. The molecule has 3 N–H and O–H groups in total. The lowest BCUT2D eigenvalue weighted by molar-refractivity contribution is -0.124. The fraction of sp³-hybridized carbons (Fsp3) is 0.412. The van der Waals surface area contributed by atoms with Gasteiger partial charge >= 0.3 is 0 Å². The van der Waals surface area contributed by atoms with E-state index in [-0.39, 0.29) is 17.4 Å². The number of carbonyl (C=O) groups excluding carboxylic acids is 1. The van der Waals surface area contributed by atoms with Gasteiger partial charge in [0.25, 0.3) is 0 Å². The molecule has 1 aliphatic carbocycles. The summed E-state index contributed by atoms with van der Waals surface area (Å²) in [5.74, 6) is -2.52. The molecule has 128 valence electrons. The highest BCUT2D eigenvalue weighted by Crippen LogP contribution is 2.30. The molecule has 5 nitrogen and oxygen atoms in total. The Kier molecular flexibility index (Phi) is 4.62. The number of carbonyl (C=O) groups is 1. The summed E-state index contributed by atoms with van der Waals surface area (Å²) < 4.78 is 26.3. The lowest BCUT2D eigenvalue weighted by Crippen LogP contribution is -2.40. The maximum absolute atomic E-state index is 13.3. The molecule has 0 saturated heterocycles. The Hall–Kier alpha value is -2.28. The number of hydrogen-bond donors (Lipinski definition) is 3. The van der Waals surface area contributed by atoms with Crippen molar-refractivity contribution in [2.45, 2.75) is 44.2 Å². The van der Waals surface area contributed by atoms with Crippen LogP contribution in [-0.4, -0.2) is 27.3 Å². The van der Waals surface area contributed by atoms with Crippen molar-refractivity contribution in [3.05, 3.63) is 52.9 Å². The summed E-state index contributed by atoms with van der Waals surface area (Å²) in [6.45, 7) is 1.63. The first-order valence-corrected chi connectivity index (χ1v) is 7.93. The number of nitrogens with one attached hydrogen (secondary N) is 2. The van der Waals surface area contributed by atoms with Crippen LogP contribution in [0.4, 0.5) is 8.78 Å². The van der Waals surface area contributed by atoms with Gasteiger partial charge in [0, 0.05) is 11.3 Å². The van der Waals surface area contributed by atoms with Crippen LogP contribution >= 0.6 is 0 Å². The summed E-state index contributed by atoms with van der Waals surface area (Å²) in [5.41, 5.74) is 2.07. The zero-order valence-electron chi connectivity index (χ0n) is 13.2. The Labute approximate surface area is 138 Å². The monoisotopic (exact) mass is 335 g/mol. The van der Waals surface area contributed by atoms with Gasteiger partial charge in [-0.25, -0.2) is 8.78 Å². The Morgan fingerprint density at radius 3 is 2.96 bits per heavy atom. The highest BCUT2D eigenvalue weighted by molar-refractivity contribution is 5.84. The quantitative estimate of drug-likeness (QED) is 0.802. The van der Waals surface area contributed by atoms with E-state index < -0.39 is 23.8 Å². The standard InChI is InChI=1S/C17H19F2N3O2/c1-9(16(23)10-5-6-13(18)14(19)7-10)21-17(24)11-3-2-4-15-12(11)8-20-22-15/h5-9,11,16,23H,2-4H2,1H3,(H,20,22)(H,21,24). The number of aromatic nitrogens is 2. The largest absolute Gasteiger partial charge is 0.386 e.